The maximum Gasteiger partial charge on any atom is 0.191 e. The molecule has 0 aliphatic heterocycles. The minimum absolute atomic E-state index is 0. The monoisotopic (exact) mass is 522 g/mol. The molecule has 0 aliphatic carbocycles. The zero-order valence-electron chi connectivity index (χ0n) is 18.1. The molecule has 0 spiro atoms. The summed E-state index contributed by atoms with van der Waals surface area (Å²) in [6.07, 6.45) is 0. The summed E-state index contributed by atoms with van der Waals surface area (Å²) in [4.78, 5) is 6.41. The van der Waals surface area contributed by atoms with Gasteiger partial charge < -0.3 is 24.7 Å². The molecule has 1 aromatic heterocycles. The van der Waals surface area contributed by atoms with Gasteiger partial charge in [0.2, 0.25) is 0 Å². The lowest BCUT2D eigenvalue weighted by molar-refractivity contribution is 0.261. The molecule has 0 saturated carbocycles. The Bertz CT molecular complexity index is 969. The van der Waals surface area contributed by atoms with E-state index in [0.29, 0.717) is 19.7 Å². The van der Waals surface area contributed by atoms with E-state index in [1.807, 2.05) is 44.4 Å². The number of furan rings is 1. The van der Waals surface area contributed by atoms with Crippen molar-refractivity contribution in [3.05, 3.63) is 65.4 Å². The lowest BCUT2D eigenvalue weighted by atomic mass is 10.1. The van der Waals surface area contributed by atoms with Crippen LogP contribution in [0, 0.1) is 6.92 Å². The van der Waals surface area contributed by atoms with E-state index in [1.165, 1.54) is 0 Å². The molecular weight excluding hydrogens is 491 g/mol. The Morgan fingerprint density at radius 2 is 1.83 bits per heavy atom. The molecule has 2 N–H and O–H groups in total. The van der Waals surface area contributed by atoms with Gasteiger partial charge in [-0.25, -0.2) is 0 Å². The third-order valence-electron chi connectivity index (χ3n) is 4.75. The number of likely N-dealkylation sites (N-methyl/N-ethyl adjacent to an activating group) is 1. The summed E-state index contributed by atoms with van der Waals surface area (Å²) in [6, 6.07) is 16.2. The second kappa shape index (κ2) is 11.8. The first-order chi connectivity index (χ1) is 14.1. The van der Waals surface area contributed by atoms with Crippen LogP contribution in [0.5, 0.6) is 5.75 Å². The number of nitrogens with one attached hydrogen (secondary N) is 2. The highest BCUT2D eigenvalue weighted by atomic mass is 127. The van der Waals surface area contributed by atoms with Gasteiger partial charge in [-0.15, -0.1) is 24.0 Å². The molecule has 30 heavy (non-hydrogen) atoms. The predicted molar refractivity (Wildman–Crippen MR) is 134 cm³/mol. The van der Waals surface area contributed by atoms with Gasteiger partial charge in [0.05, 0.1) is 6.54 Å². The van der Waals surface area contributed by atoms with E-state index in [1.54, 1.807) is 7.05 Å². The highest BCUT2D eigenvalue weighted by Gasteiger charge is 2.10. The quantitative estimate of drug-likeness (QED) is 0.264. The van der Waals surface area contributed by atoms with E-state index in [0.717, 1.165) is 46.1 Å². The Hall–Kier alpha value is -2.26. The summed E-state index contributed by atoms with van der Waals surface area (Å²) in [6.45, 7) is 4.88. The summed E-state index contributed by atoms with van der Waals surface area (Å²) in [5.41, 5.74) is 3.21. The molecule has 0 radical (unpaired) electrons. The van der Waals surface area contributed by atoms with Gasteiger partial charge in [0.1, 0.15) is 23.7 Å². The third-order valence-corrected chi connectivity index (χ3v) is 4.75. The standard InChI is InChI=1S/C23H30N4O2.HI/c1-17-20-10-5-6-11-21(20)29-22(17)16-26-23(24-2)25-15-18-8-7-9-19(14-18)28-13-12-27(3)4;/h5-11,14H,12-13,15-16H2,1-4H3,(H2,24,25,26);1H. The van der Waals surface area contributed by atoms with Gasteiger partial charge in [0, 0.05) is 31.1 Å². The molecule has 0 aliphatic rings. The zero-order valence-corrected chi connectivity index (χ0v) is 20.4. The number of aryl methyl sites for hydroxylation is 1. The maximum atomic E-state index is 5.96. The van der Waals surface area contributed by atoms with Crippen molar-refractivity contribution in [3.8, 4) is 5.75 Å². The van der Waals surface area contributed by atoms with Gasteiger partial charge in [0.15, 0.2) is 5.96 Å². The molecule has 0 unspecified atom stereocenters. The average Bonchev–Trinajstić information content (AvgIpc) is 3.04. The van der Waals surface area contributed by atoms with E-state index in [9.17, 15) is 0 Å². The predicted octanol–water partition coefficient (Wildman–Crippen LogP) is 4.16. The van der Waals surface area contributed by atoms with Crippen molar-refractivity contribution in [1.29, 1.82) is 0 Å². The van der Waals surface area contributed by atoms with Crippen LogP contribution in [0.4, 0.5) is 0 Å². The fourth-order valence-corrected chi connectivity index (χ4v) is 3.06. The Morgan fingerprint density at radius 3 is 2.57 bits per heavy atom. The van der Waals surface area contributed by atoms with Crippen LogP contribution in [0.25, 0.3) is 11.0 Å². The van der Waals surface area contributed by atoms with E-state index in [-0.39, 0.29) is 24.0 Å². The topological polar surface area (TPSA) is 62.0 Å². The first kappa shape index (κ1) is 24.0. The van der Waals surface area contributed by atoms with E-state index >= 15 is 0 Å². The van der Waals surface area contributed by atoms with Gasteiger partial charge in [-0.1, -0.05) is 30.3 Å². The number of aliphatic imine (C=N–C) groups is 1. The minimum atomic E-state index is 0. The second-order valence-corrected chi connectivity index (χ2v) is 7.22. The van der Waals surface area contributed by atoms with Gasteiger partial charge in [-0.3, -0.25) is 4.99 Å². The molecule has 0 fully saturated rings. The number of hydrogen-bond acceptors (Lipinski definition) is 4. The molecule has 0 bridgehead atoms. The van der Waals surface area contributed by atoms with E-state index in [2.05, 4.69) is 45.6 Å². The molecule has 2 aromatic carbocycles. The molecule has 3 rings (SSSR count). The molecular formula is C23H31IN4O2. The van der Waals surface area contributed by atoms with Crippen LogP contribution in [0.3, 0.4) is 0 Å². The lowest BCUT2D eigenvalue weighted by Gasteiger charge is -2.13. The maximum absolute atomic E-state index is 5.96. The van der Waals surface area contributed by atoms with Crippen LogP contribution < -0.4 is 15.4 Å². The number of nitrogens with zero attached hydrogens (tertiary/aromatic N) is 2. The van der Waals surface area contributed by atoms with Crippen molar-refractivity contribution in [3.63, 3.8) is 0 Å². The van der Waals surface area contributed by atoms with Crippen LogP contribution >= 0.6 is 24.0 Å². The number of fused-ring (bicyclic) bond motifs is 1. The van der Waals surface area contributed by atoms with Crippen LogP contribution in [-0.4, -0.2) is 45.2 Å². The molecule has 1 heterocycles. The number of guanidine groups is 1. The van der Waals surface area contributed by atoms with Crippen molar-refractivity contribution in [2.45, 2.75) is 20.0 Å². The fraction of sp³-hybridized carbons (Fsp3) is 0.348. The van der Waals surface area contributed by atoms with Gasteiger partial charge in [-0.2, -0.15) is 0 Å². The summed E-state index contributed by atoms with van der Waals surface area (Å²) < 4.78 is 11.8. The number of ether oxygens (including phenoxy) is 1. The van der Waals surface area contributed by atoms with Gasteiger partial charge in [0.25, 0.3) is 0 Å². The highest BCUT2D eigenvalue weighted by molar-refractivity contribution is 14.0. The van der Waals surface area contributed by atoms with Crippen LogP contribution in [0.15, 0.2) is 57.9 Å². The number of rotatable bonds is 8. The Labute approximate surface area is 195 Å². The number of hydrogen-bond donors (Lipinski definition) is 2. The molecule has 6 nitrogen and oxygen atoms in total. The smallest absolute Gasteiger partial charge is 0.191 e. The average molecular weight is 522 g/mol. The summed E-state index contributed by atoms with van der Waals surface area (Å²) in [5, 5.41) is 7.82. The van der Waals surface area contributed by atoms with Crippen molar-refractivity contribution >= 4 is 40.9 Å². The van der Waals surface area contributed by atoms with Crippen molar-refractivity contribution in [1.82, 2.24) is 15.5 Å². The number of halogens is 1. The summed E-state index contributed by atoms with van der Waals surface area (Å²) in [5.74, 6) is 2.53. The second-order valence-electron chi connectivity index (χ2n) is 7.22. The molecule has 162 valence electrons. The van der Waals surface area contributed by atoms with Crippen LogP contribution in [-0.2, 0) is 13.1 Å². The van der Waals surface area contributed by atoms with Gasteiger partial charge in [-0.05, 0) is 44.8 Å². The first-order valence-electron chi connectivity index (χ1n) is 9.85. The van der Waals surface area contributed by atoms with Crippen LogP contribution in [0.1, 0.15) is 16.9 Å². The third kappa shape index (κ3) is 6.63. The Kier molecular flexibility index (Phi) is 9.45. The fourth-order valence-electron chi connectivity index (χ4n) is 3.06. The molecule has 0 atom stereocenters. The van der Waals surface area contributed by atoms with E-state index in [4.69, 9.17) is 9.15 Å². The van der Waals surface area contributed by atoms with Crippen LogP contribution in [0.2, 0.25) is 0 Å². The normalized spacial score (nSPS) is 11.4. The number of para-hydroxylation sites is 1. The van der Waals surface area contributed by atoms with Crippen molar-refractivity contribution < 1.29 is 9.15 Å². The van der Waals surface area contributed by atoms with Gasteiger partial charge >= 0.3 is 0 Å². The largest absolute Gasteiger partial charge is 0.492 e. The van der Waals surface area contributed by atoms with Crippen molar-refractivity contribution in [2.24, 2.45) is 4.99 Å². The molecule has 0 saturated heterocycles. The SMILES string of the molecule is CN=C(NCc1cccc(OCCN(C)C)c1)NCc1oc2ccccc2c1C.I. The number of benzene rings is 2. The molecule has 7 heteroatoms. The Balaban J connectivity index is 0.00000320. The lowest BCUT2D eigenvalue weighted by Crippen LogP contribution is -2.36. The minimum Gasteiger partial charge on any atom is -0.492 e. The highest BCUT2D eigenvalue weighted by Crippen LogP contribution is 2.24. The summed E-state index contributed by atoms with van der Waals surface area (Å²) >= 11 is 0. The van der Waals surface area contributed by atoms with Crippen molar-refractivity contribution in [2.75, 3.05) is 34.3 Å². The molecule has 3 aromatic rings. The van der Waals surface area contributed by atoms with E-state index < -0.39 is 0 Å². The Morgan fingerprint density at radius 1 is 1.07 bits per heavy atom. The zero-order chi connectivity index (χ0) is 20.6. The molecule has 0 amide bonds. The first-order valence-corrected chi connectivity index (χ1v) is 9.85. The summed E-state index contributed by atoms with van der Waals surface area (Å²) in [7, 11) is 5.84.